The summed E-state index contributed by atoms with van der Waals surface area (Å²) in [4.78, 5) is 1.84. The average Bonchev–Trinajstić information content (AvgIpc) is 2.46. The van der Waals surface area contributed by atoms with Gasteiger partial charge in [-0.3, -0.25) is 0 Å². The van der Waals surface area contributed by atoms with Crippen molar-refractivity contribution in [2.75, 3.05) is 19.0 Å². The third-order valence-electron chi connectivity index (χ3n) is 2.30. The molecule has 2 aromatic rings. The fraction of sp³-hybridized carbons (Fsp3) is 0.273. The molecule has 0 saturated heterocycles. The van der Waals surface area contributed by atoms with E-state index in [2.05, 4.69) is 0 Å². The molecule has 0 radical (unpaired) electrons. The fourth-order valence-corrected chi connectivity index (χ4v) is 1.62. The van der Waals surface area contributed by atoms with Crippen LogP contribution in [-0.2, 0) is 0 Å². The Morgan fingerprint density at radius 2 is 2.00 bits per heavy atom. The first-order valence-electron chi connectivity index (χ1n) is 4.46. The van der Waals surface area contributed by atoms with Crippen molar-refractivity contribution in [3.05, 3.63) is 29.6 Å². The molecule has 0 saturated carbocycles. The van der Waals surface area contributed by atoms with Crippen LogP contribution in [-0.4, -0.2) is 14.1 Å². The zero-order chi connectivity index (χ0) is 10.3. The summed E-state index contributed by atoms with van der Waals surface area (Å²) in [5.74, 6) is 0.406. The third-order valence-corrected chi connectivity index (χ3v) is 2.30. The molecule has 0 unspecified atom stereocenters. The van der Waals surface area contributed by atoms with Gasteiger partial charge in [-0.1, -0.05) is 12.1 Å². The van der Waals surface area contributed by atoms with E-state index in [1.54, 1.807) is 6.07 Å². The minimum Gasteiger partial charge on any atom is -0.437 e. The molecule has 0 spiro atoms. The van der Waals surface area contributed by atoms with Gasteiger partial charge in [-0.15, -0.1) is 0 Å². The number of nitrogens with zero attached hydrogens (tertiary/aromatic N) is 1. The number of anilines is 1. The van der Waals surface area contributed by atoms with Crippen LogP contribution in [0.4, 0.5) is 10.3 Å². The van der Waals surface area contributed by atoms with Crippen LogP contribution < -0.4 is 4.90 Å². The van der Waals surface area contributed by atoms with Gasteiger partial charge in [-0.2, -0.15) is 0 Å². The van der Waals surface area contributed by atoms with Crippen LogP contribution in [0.5, 0.6) is 0 Å². The Bertz CT molecular complexity index is 473. The monoisotopic (exact) mass is 193 g/mol. The quantitative estimate of drug-likeness (QED) is 0.692. The van der Waals surface area contributed by atoms with Gasteiger partial charge in [0.15, 0.2) is 17.3 Å². The molecule has 2 nitrogen and oxygen atoms in total. The first-order chi connectivity index (χ1) is 6.61. The molecule has 0 aliphatic heterocycles. The Balaban J connectivity index is 2.80. The summed E-state index contributed by atoms with van der Waals surface area (Å²) in [7, 11) is 3.76. The van der Waals surface area contributed by atoms with Crippen molar-refractivity contribution in [1.29, 1.82) is 0 Å². The number of para-hydroxylation sites is 1. The largest absolute Gasteiger partial charge is 0.437 e. The fourth-order valence-electron chi connectivity index (χ4n) is 1.62. The second-order valence-corrected chi connectivity index (χ2v) is 3.54. The summed E-state index contributed by atoms with van der Waals surface area (Å²) < 4.78 is 18.8. The first-order valence-corrected chi connectivity index (χ1v) is 4.46. The second-order valence-electron chi connectivity index (χ2n) is 3.54. The van der Waals surface area contributed by atoms with Crippen LogP contribution >= 0.6 is 0 Å². The van der Waals surface area contributed by atoms with E-state index >= 15 is 0 Å². The van der Waals surface area contributed by atoms with Crippen LogP contribution in [0.3, 0.4) is 0 Å². The van der Waals surface area contributed by atoms with Gasteiger partial charge in [0.05, 0.1) is 0 Å². The molecule has 1 heterocycles. The van der Waals surface area contributed by atoms with E-state index in [0.29, 0.717) is 11.5 Å². The van der Waals surface area contributed by atoms with Crippen molar-refractivity contribution < 1.29 is 8.81 Å². The second kappa shape index (κ2) is 3.01. The lowest BCUT2D eigenvalue weighted by atomic mass is 10.2. The number of hydrogen-bond acceptors (Lipinski definition) is 2. The molecule has 1 aromatic carbocycles. The molecular weight excluding hydrogens is 181 g/mol. The molecule has 0 bridgehead atoms. The van der Waals surface area contributed by atoms with Gasteiger partial charge in [-0.05, 0) is 13.0 Å². The lowest BCUT2D eigenvalue weighted by molar-refractivity contribution is 0.558. The van der Waals surface area contributed by atoms with Crippen LogP contribution in [0, 0.1) is 12.7 Å². The minimum atomic E-state index is -0.307. The van der Waals surface area contributed by atoms with Crippen LogP contribution in [0.1, 0.15) is 5.56 Å². The number of rotatable bonds is 1. The maximum Gasteiger partial charge on any atom is 0.199 e. The van der Waals surface area contributed by atoms with Crippen molar-refractivity contribution in [2.24, 2.45) is 0 Å². The molecule has 0 aliphatic rings. The lowest BCUT2D eigenvalue weighted by Gasteiger charge is -2.08. The van der Waals surface area contributed by atoms with E-state index in [-0.39, 0.29) is 5.82 Å². The summed E-state index contributed by atoms with van der Waals surface area (Å²) in [6.07, 6.45) is 0. The predicted molar refractivity (Wildman–Crippen MR) is 55.2 cm³/mol. The lowest BCUT2D eigenvalue weighted by Crippen LogP contribution is -2.08. The van der Waals surface area contributed by atoms with Crippen LogP contribution in [0.15, 0.2) is 22.6 Å². The summed E-state index contributed by atoms with van der Waals surface area (Å²) in [6, 6.07) is 4.97. The highest BCUT2D eigenvalue weighted by molar-refractivity contribution is 5.86. The van der Waals surface area contributed by atoms with Crippen molar-refractivity contribution in [2.45, 2.75) is 6.92 Å². The first kappa shape index (κ1) is 9.06. The highest BCUT2D eigenvalue weighted by atomic mass is 19.1. The number of halogens is 1. The van der Waals surface area contributed by atoms with Gasteiger partial charge >= 0.3 is 0 Å². The Labute approximate surface area is 81.9 Å². The van der Waals surface area contributed by atoms with E-state index in [4.69, 9.17) is 4.42 Å². The smallest absolute Gasteiger partial charge is 0.199 e. The summed E-state index contributed by atoms with van der Waals surface area (Å²) in [5.41, 5.74) is 1.32. The van der Waals surface area contributed by atoms with E-state index < -0.39 is 0 Å². The van der Waals surface area contributed by atoms with Crippen LogP contribution in [0.2, 0.25) is 0 Å². The topological polar surface area (TPSA) is 16.4 Å². The van der Waals surface area contributed by atoms with E-state index in [1.165, 1.54) is 6.07 Å². The van der Waals surface area contributed by atoms with Gasteiger partial charge in [0.2, 0.25) is 0 Å². The van der Waals surface area contributed by atoms with Crippen molar-refractivity contribution in [1.82, 2.24) is 0 Å². The maximum absolute atomic E-state index is 13.3. The average molecular weight is 193 g/mol. The summed E-state index contributed by atoms with van der Waals surface area (Å²) in [5, 5.41) is 0.841. The van der Waals surface area contributed by atoms with Crippen LogP contribution in [0.25, 0.3) is 11.0 Å². The highest BCUT2D eigenvalue weighted by Crippen LogP contribution is 2.31. The van der Waals surface area contributed by atoms with Gasteiger partial charge in [0, 0.05) is 25.0 Å². The van der Waals surface area contributed by atoms with E-state index in [0.717, 1.165) is 10.9 Å². The van der Waals surface area contributed by atoms with Gasteiger partial charge in [0.25, 0.3) is 0 Å². The van der Waals surface area contributed by atoms with Crippen molar-refractivity contribution in [3.63, 3.8) is 0 Å². The standard InChI is InChI=1S/C11H12FNO/c1-7-8-5-4-6-9(12)10(8)14-11(7)13(2)3/h4-6H,1-3H3. The number of aryl methyl sites for hydroxylation is 1. The zero-order valence-electron chi connectivity index (χ0n) is 8.47. The zero-order valence-corrected chi connectivity index (χ0v) is 8.47. The number of fused-ring (bicyclic) bond motifs is 1. The molecule has 74 valence electrons. The molecule has 0 N–H and O–H groups in total. The molecule has 1 aromatic heterocycles. The molecule has 3 heteroatoms. The predicted octanol–water partition coefficient (Wildman–Crippen LogP) is 2.95. The minimum absolute atomic E-state index is 0.307. The Morgan fingerprint density at radius 3 is 2.57 bits per heavy atom. The highest BCUT2D eigenvalue weighted by Gasteiger charge is 2.14. The van der Waals surface area contributed by atoms with Gasteiger partial charge < -0.3 is 9.32 Å². The molecule has 2 rings (SSSR count). The van der Waals surface area contributed by atoms with Crippen molar-refractivity contribution in [3.8, 4) is 0 Å². The van der Waals surface area contributed by atoms with E-state index in [1.807, 2.05) is 32.0 Å². The Kier molecular flexibility index (Phi) is 1.95. The number of furan rings is 1. The third kappa shape index (κ3) is 1.16. The van der Waals surface area contributed by atoms with Crippen molar-refractivity contribution >= 4 is 16.9 Å². The summed E-state index contributed by atoms with van der Waals surface area (Å²) in [6.45, 7) is 1.93. The van der Waals surface area contributed by atoms with Gasteiger partial charge in [0.1, 0.15) is 0 Å². The Hall–Kier alpha value is -1.51. The summed E-state index contributed by atoms with van der Waals surface area (Å²) >= 11 is 0. The normalized spacial score (nSPS) is 10.9. The molecule has 0 atom stereocenters. The number of benzene rings is 1. The molecule has 0 fully saturated rings. The maximum atomic E-state index is 13.3. The SMILES string of the molecule is Cc1c(N(C)C)oc2c(F)cccc12. The Morgan fingerprint density at radius 1 is 1.29 bits per heavy atom. The number of hydrogen-bond donors (Lipinski definition) is 0. The molecular formula is C11H12FNO. The molecule has 0 amide bonds. The van der Waals surface area contributed by atoms with Gasteiger partial charge in [-0.25, -0.2) is 4.39 Å². The van der Waals surface area contributed by atoms with E-state index in [9.17, 15) is 4.39 Å². The molecule has 14 heavy (non-hydrogen) atoms. The molecule has 0 aliphatic carbocycles.